The Hall–Kier alpha value is -2.30. The van der Waals surface area contributed by atoms with E-state index < -0.39 is 5.97 Å². The Bertz CT molecular complexity index is 688. The van der Waals surface area contributed by atoms with Gasteiger partial charge in [-0.25, -0.2) is 9.78 Å². The molecule has 0 saturated heterocycles. The molecule has 5 heteroatoms. The topological polar surface area (TPSA) is 66.6 Å². The molecule has 0 saturated carbocycles. The zero-order chi connectivity index (χ0) is 14.7. The lowest BCUT2D eigenvalue weighted by molar-refractivity contribution is 0.0690. The van der Waals surface area contributed by atoms with Crippen LogP contribution < -0.4 is 5.32 Å². The molecule has 2 heterocycles. The van der Waals surface area contributed by atoms with Gasteiger partial charge < -0.3 is 10.4 Å². The summed E-state index contributed by atoms with van der Waals surface area (Å²) in [4.78, 5) is 15.8. The summed E-state index contributed by atoms with van der Waals surface area (Å²) in [7, 11) is 0. The SMILES string of the molecule is O=C(O)c1c(NCCC2=CCCCC2)nc2ccccn12. The van der Waals surface area contributed by atoms with Crippen LogP contribution in [0.1, 0.15) is 42.6 Å². The lowest BCUT2D eigenvalue weighted by Gasteiger charge is -2.12. The Labute approximate surface area is 123 Å². The molecule has 2 aromatic heterocycles. The van der Waals surface area contributed by atoms with Gasteiger partial charge in [-0.05, 0) is 44.2 Å². The van der Waals surface area contributed by atoms with Crippen LogP contribution >= 0.6 is 0 Å². The van der Waals surface area contributed by atoms with Crippen LogP contribution in [-0.4, -0.2) is 27.0 Å². The zero-order valence-corrected chi connectivity index (χ0v) is 11.9. The highest BCUT2D eigenvalue weighted by molar-refractivity contribution is 5.92. The second kappa shape index (κ2) is 5.99. The Morgan fingerprint density at radius 3 is 3.05 bits per heavy atom. The van der Waals surface area contributed by atoms with Gasteiger partial charge in [0.05, 0.1) is 0 Å². The molecule has 3 rings (SSSR count). The van der Waals surface area contributed by atoms with Crippen molar-refractivity contribution in [3.63, 3.8) is 0 Å². The molecule has 21 heavy (non-hydrogen) atoms. The molecule has 0 aliphatic heterocycles. The second-order valence-electron chi connectivity index (χ2n) is 5.33. The van der Waals surface area contributed by atoms with Crippen molar-refractivity contribution in [2.45, 2.75) is 32.1 Å². The van der Waals surface area contributed by atoms with Gasteiger partial charge in [0.1, 0.15) is 5.65 Å². The van der Waals surface area contributed by atoms with Crippen molar-refractivity contribution in [3.8, 4) is 0 Å². The highest BCUT2D eigenvalue weighted by atomic mass is 16.4. The minimum absolute atomic E-state index is 0.197. The second-order valence-corrected chi connectivity index (χ2v) is 5.33. The smallest absolute Gasteiger partial charge is 0.356 e. The van der Waals surface area contributed by atoms with Gasteiger partial charge >= 0.3 is 5.97 Å². The first kappa shape index (κ1) is 13.7. The van der Waals surface area contributed by atoms with Crippen molar-refractivity contribution in [1.29, 1.82) is 0 Å². The molecule has 0 atom stereocenters. The van der Waals surface area contributed by atoms with E-state index in [1.54, 1.807) is 22.7 Å². The number of imidazole rings is 1. The fourth-order valence-electron chi connectivity index (χ4n) is 2.80. The van der Waals surface area contributed by atoms with E-state index in [9.17, 15) is 9.90 Å². The van der Waals surface area contributed by atoms with Crippen LogP contribution in [0.5, 0.6) is 0 Å². The predicted octanol–water partition coefficient (Wildman–Crippen LogP) is 3.33. The number of hydrogen-bond donors (Lipinski definition) is 2. The zero-order valence-electron chi connectivity index (χ0n) is 11.9. The molecular weight excluding hydrogens is 266 g/mol. The lowest BCUT2D eigenvalue weighted by Crippen LogP contribution is -2.10. The molecule has 0 radical (unpaired) electrons. The molecule has 0 bridgehead atoms. The van der Waals surface area contributed by atoms with Crippen LogP contribution in [0.25, 0.3) is 5.65 Å². The molecule has 0 unspecified atom stereocenters. The first-order valence-corrected chi connectivity index (χ1v) is 7.38. The minimum atomic E-state index is -0.965. The number of nitrogens with one attached hydrogen (secondary N) is 1. The first-order chi connectivity index (χ1) is 10.3. The Balaban J connectivity index is 1.75. The number of carbonyl (C=O) groups is 1. The number of nitrogens with zero attached hydrogens (tertiary/aromatic N) is 2. The number of pyridine rings is 1. The number of fused-ring (bicyclic) bond motifs is 1. The third-order valence-electron chi connectivity index (χ3n) is 3.86. The highest BCUT2D eigenvalue weighted by Gasteiger charge is 2.18. The van der Waals surface area contributed by atoms with Crippen molar-refractivity contribution < 1.29 is 9.90 Å². The van der Waals surface area contributed by atoms with Crippen LogP contribution in [0.4, 0.5) is 5.82 Å². The van der Waals surface area contributed by atoms with E-state index in [-0.39, 0.29) is 5.69 Å². The Kier molecular flexibility index (Phi) is 3.90. The van der Waals surface area contributed by atoms with E-state index in [1.807, 2.05) is 6.07 Å². The number of anilines is 1. The van der Waals surface area contributed by atoms with E-state index in [0.717, 1.165) is 13.0 Å². The summed E-state index contributed by atoms with van der Waals surface area (Å²) in [5.41, 5.74) is 2.31. The minimum Gasteiger partial charge on any atom is -0.476 e. The van der Waals surface area contributed by atoms with Crippen LogP contribution in [0, 0.1) is 0 Å². The van der Waals surface area contributed by atoms with E-state index in [4.69, 9.17) is 0 Å². The van der Waals surface area contributed by atoms with E-state index >= 15 is 0 Å². The number of carboxylic acids is 1. The molecule has 5 nitrogen and oxygen atoms in total. The maximum atomic E-state index is 11.4. The number of aromatic carboxylic acids is 1. The van der Waals surface area contributed by atoms with Crippen molar-refractivity contribution >= 4 is 17.4 Å². The van der Waals surface area contributed by atoms with Crippen molar-refractivity contribution in [1.82, 2.24) is 9.38 Å². The van der Waals surface area contributed by atoms with Gasteiger partial charge in [-0.1, -0.05) is 17.7 Å². The summed E-state index contributed by atoms with van der Waals surface area (Å²) in [5.74, 6) is -0.516. The van der Waals surface area contributed by atoms with Gasteiger partial charge in [0.15, 0.2) is 11.5 Å². The van der Waals surface area contributed by atoms with Gasteiger partial charge in [-0.2, -0.15) is 0 Å². The maximum absolute atomic E-state index is 11.4. The fraction of sp³-hybridized carbons (Fsp3) is 0.375. The van der Waals surface area contributed by atoms with Crippen molar-refractivity contribution in [2.75, 3.05) is 11.9 Å². The third-order valence-corrected chi connectivity index (χ3v) is 3.86. The number of hydrogen-bond acceptors (Lipinski definition) is 3. The summed E-state index contributed by atoms with van der Waals surface area (Å²) < 4.78 is 1.60. The fourth-order valence-corrected chi connectivity index (χ4v) is 2.80. The highest BCUT2D eigenvalue weighted by Crippen LogP contribution is 2.21. The molecule has 0 spiro atoms. The summed E-state index contributed by atoms with van der Waals surface area (Å²) in [5, 5.41) is 12.6. The number of carboxylic acid groups (broad SMARTS) is 1. The predicted molar refractivity (Wildman–Crippen MR) is 81.8 cm³/mol. The van der Waals surface area contributed by atoms with Gasteiger partial charge in [0.25, 0.3) is 0 Å². The van der Waals surface area contributed by atoms with Crippen molar-refractivity contribution in [3.05, 3.63) is 41.7 Å². The molecule has 1 aliphatic carbocycles. The monoisotopic (exact) mass is 285 g/mol. The van der Waals surface area contributed by atoms with Gasteiger partial charge in [0.2, 0.25) is 0 Å². The molecule has 110 valence electrons. The van der Waals surface area contributed by atoms with Crippen LogP contribution in [0.3, 0.4) is 0 Å². The van der Waals surface area contributed by atoms with E-state index in [1.165, 1.54) is 31.3 Å². The quantitative estimate of drug-likeness (QED) is 0.827. The molecule has 0 fully saturated rings. The van der Waals surface area contributed by atoms with Gasteiger partial charge in [-0.3, -0.25) is 4.40 Å². The maximum Gasteiger partial charge on any atom is 0.356 e. The van der Waals surface area contributed by atoms with Gasteiger partial charge in [-0.15, -0.1) is 0 Å². The standard InChI is InChI=1S/C16H19N3O2/c20-16(21)14-15(18-13-8-4-5-11-19(13)14)17-10-9-12-6-2-1-3-7-12/h4-6,8,11,17H,1-3,7,9-10H2,(H,20,21). The molecule has 1 aliphatic rings. The van der Waals surface area contributed by atoms with Crippen LogP contribution in [0.2, 0.25) is 0 Å². The molecule has 2 aromatic rings. The number of allylic oxidation sites excluding steroid dienone is 1. The first-order valence-electron chi connectivity index (χ1n) is 7.38. The van der Waals surface area contributed by atoms with E-state index in [0.29, 0.717) is 11.5 Å². The largest absolute Gasteiger partial charge is 0.476 e. The van der Waals surface area contributed by atoms with Gasteiger partial charge in [0, 0.05) is 12.7 Å². The summed E-state index contributed by atoms with van der Waals surface area (Å²) in [6.45, 7) is 0.718. The van der Waals surface area contributed by atoms with Crippen LogP contribution in [-0.2, 0) is 0 Å². The summed E-state index contributed by atoms with van der Waals surface area (Å²) >= 11 is 0. The Morgan fingerprint density at radius 2 is 2.29 bits per heavy atom. The normalized spacial score (nSPS) is 15.0. The van der Waals surface area contributed by atoms with E-state index in [2.05, 4.69) is 16.4 Å². The molecule has 0 aromatic carbocycles. The summed E-state index contributed by atoms with van der Waals surface area (Å²) in [6.07, 6.45) is 9.87. The molecule has 2 N–H and O–H groups in total. The third kappa shape index (κ3) is 2.91. The average molecular weight is 285 g/mol. The molecular formula is C16H19N3O2. The van der Waals surface area contributed by atoms with Crippen molar-refractivity contribution in [2.24, 2.45) is 0 Å². The lowest BCUT2D eigenvalue weighted by atomic mass is 9.97. The number of rotatable bonds is 5. The Morgan fingerprint density at radius 1 is 1.38 bits per heavy atom. The van der Waals surface area contributed by atoms with Crippen LogP contribution in [0.15, 0.2) is 36.0 Å². The number of aromatic nitrogens is 2. The molecule has 0 amide bonds. The average Bonchev–Trinajstić information content (AvgIpc) is 2.86. The summed E-state index contributed by atoms with van der Waals surface area (Å²) in [6, 6.07) is 5.46.